The van der Waals surface area contributed by atoms with Crippen LogP contribution in [0.3, 0.4) is 0 Å². The average molecular weight is 421 g/mol. The molecule has 1 aromatic carbocycles. The molecular weight excluding hydrogens is 406 g/mol. The summed E-state index contributed by atoms with van der Waals surface area (Å²) in [5, 5.41) is 3.61. The van der Waals surface area contributed by atoms with Crippen molar-refractivity contribution in [1.29, 1.82) is 0 Å². The fourth-order valence-electron chi connectivity index (χ4n) is 2.65. The smallest absolute Gasteiger partial charge is 0.338 e. The van der Waals surface area contributed by atoms with Crippen molar-refractivity contribution in [2.24, 2.45) is 4.99 Å². The van der Waals surface area contributed by atoms with Crippen LogP contribution in [0.15, 0.2) is 63.3 Å². The van der Waals surface area contributed by atoms with Gasteiger partial charge in [-0.1, -0.05) is 45.7 Å². The Hall–Kier alpha value is -2.18. The lowest BCUT2D eigenvalue weighted by Gasteiger charge is -2.26. The van der Waals surface area contributed by atoms with E-state index in [-0.39, 0.29) is 0 Å². The number of aromatic nitrogens is 1. The molecule has 1 aliphatic heterocycles. The fraction of sp³-hybridized carbons (Fsp3) is 0.167. The molecule has 2 heterocycles. The SMILES string of the molecule is COC(=O)C1=C(C)NC(c2ncccc2Cl)=NC1c1ccccc1Br. The van der Waals surface area contributed by atoms with E-state index in [1.54, 1.807) is 18.3 Å². The summed E-state index contributed by atoms with van der Waals surface area (Å²) in [7, 11) is 1.36. The first kappa shape index (κ1) is 17.6. The maximum Gasteiger partial charge on any atom is 0.338 e. The molecule has 1 atom stereocenters. The number of ether oxygens (including phenoxy) is 1. The number of benzene rings is 1. The van der Waals surface area contributed by atoms with Crippen LogP contribution >= 0.6 is 27.5 Å². The van der Waals surface area contributed by atoms with Gasteiger partial charge in [-0.25, -0.2) is 4.79 Å². The topological polar surface area (TPSA) is 63.6 Å². The van der Waals surface area contributed by atoms with Crippen LogP contribution in [-0.2, 0) is 9.53 Å². The monoisotopic (exact) mass is 419 g/mol. The van der Waals surface area contributed by atoms with Gasteiger partial charge in [-0.3, -0.25) is 9.98 Å². The summed E-state index contributed by atoms with van der Waals surface area (Å²) < 4.78 is 5.81. The van der Waals surface area contributed by atoms with E-state index < -0.39 is 12.0 Å². The second kappa shape index (κ2) is 7.37. The van der Waals surface area contributed by atoms with Crippen molar-refractivity contribution in [3.05, 3.63) is 74.6 Å². The lowest BCUT2D eigenvalue weighted by Crippen LogP contribution is -2.33. The van der Waals surface area contributed by atoms with Gasteiger partial charge in [0.2, 0.25) is 0 Å². The Bertz CT molecular complexity index is 895. The minimum Gasteiger partial charge on any atom is -0.466 e. The largest absolute Gasteiger partial charge is 0.466 e. The van der Waals surface area contributed by atoms with E-state index in [4.69, 9.17) is 21.3 Å². The molecule has 5 nitrogen and oxygen atoms in total. The van der Waals surface area contributed by atoms with Gasteiger partial charge in [-0.2, -0.15) is 0 Å². The zero-order chi connectivity index (χ0) is 18.0. The Morgan fingerprint density at radius 3 is 2.72 bits per heavy atom. The molecule has 0 saturated carbocycles. The summed E-state index contributed by atoms with van der Waals surface area (Å²) in [6.07, 6.45) is 1.65. The number of hydrogen-bond acceptors (Lipinski definition) is 5. The number of amidine groups is 1. The molecule has 1 unspecified atom stereocenters. The summed E-state index contributed by atoms with van der Waals surface area (Å²) >= 11 is 9.79. The zero-order valence-electron chi connectivity index (χ0n) is 13.6. The molecule has 0 radical (unpaired) electrons. The van der Waals surface area contributed by atoms with Gasteiger partial charge >= 0.3 is 5.97 Å². The number of methoxy groups -OCH3 is 1. The van der Waals surface area contributed by atoms with Crippen molar-refractivity contribution in [1.82, 2.24) is 10.3 Å². The molecule has 1 aromatic heterocycles. The Balaban J connectivity index is 2.16. The van der Waals surface area contributed by atoms with Gasteiger partial charge in [0, 0.05) is 16.4 Å². The molecule has 0 bridgehead atoms. The van der Waals surface area contributed by atoms with E-state index in [9.17, 15) is 4.79 Å². The van der Waals surface area contributed by atoms with E-state index in [2.05, 4.69) is 26.2 Å². The molecule has 0 aliphatic carbocycles. The van der Waals surface area contributed by atoms with Gasteiger partial charge in [0.15, 0.2) is 5.84 Å². The summed E-state index contributed by atoms with van der Waals surface area (Å²) in [5.41, 5.74) is 2.49. The van der Waals surface area contributed by atoms with Crippen LogP contribution in [0.25, 0.3) is 0 Å². The zero-order valence-corrected chi connectivity index (χ0v) is 15.9. The highest BCUT2D eigenvalue weighted by Crippen LogP contribution is 2.36. The minimum absolute atomic E-state index is 0.430. The van der Waals surface area contributed by atoms with E-state index in [0.717, 1.165) is 10.0 Å². The number of aliphatic imine (C=N–C) groups is 1. The third-order valence-electron chi connectivity index (χ3n) is 3.83. The molecule has 0 spiro atoms. The number of allylic oxidation sites excluding steroid dienone is 1. The molecule has 7 heteroatoms. The van der Waals surface area contributed by atoms with Crippen LogP contribution in [-0.4, -0.2) is 23.9 Å². The highest BCUT2D eigenvalue weighted by molar-refractivity contribution is 9.10. The van der Waals surface area contributed by atoms with Crippen LogP contribution in [0.5, 0.6) is 0 Å². The van der Waals surface area contributed by atoms with Crippen molar-refractivity contribution < 1.29 is 9.53 Å². The molecule has 3 rings (SSSR count). The standard InChI is InChI=1S/C18H15BrClN3O2/c1-10-14(18(24)25-2)15(11-6-3-4-7-12(11)19)23-17(22-10)16-13(20)8-5-9-21-16/h3-9,15H,1-2H3,(H,22,23). The Kier molecular flexibility index (Phi) is 5.20. The predicted molar refractivity (Wildman–Crippen MR) is 101 cm³/mol. The summed E-state index contributed by atoms with van der Waals surface area (Å²) in [4.78, 5) is 21.4. The van der Waals surface area contributed by atoms with E-state index in [1.807, 2.05) is 31.2 Å². The molecule has 2 aromatic rings. The Morgan fingerprint density at radius 2 is 2.04 bits per heavy atom. The average Bonchev–Trinajstić information content (AvgIpc) is 2.61. The van der Waals surface area contributed by atoms with Crippen LogP contribution in [0, 0.1) is 0 Å². The Labute approximate surface area is 158 Å². The first-order valence-corrected chi connectivity index (χ1v) is 8.69. The van der Waals surface area contributed by atoms with Crippen molar-refractivity contribution in [3.8, 4) is 0 Å². The molecule has 0 fully saturated rings. The molecule has 0 saturated heterocycles. The van der Waals surface area contributed by atoms with Crippen LogP contribution in [0.1, 0.15) is 24.2 Å². The van der Waals surface area contributed by atoms with Gasteiger partial charge in [0.1, 0.15) is 11.7 Å². The van der Waals surface area contributed by atoms with Gasteiger partial charge in [0.25, 0.3) is 0 Å². The highest BCUT2D eigenvalue weighted by atomic mass is 79.9. The lowest BCUT2D eigenvalue weighted by atomic mass is 9.96. The van der Waals surface area contributed by atoms with Crippen molar-refractivity contribution in [2.75, 3.05) is 7.11 Å². The maximum atomic E-state index is 12.3. The normalized spacial score (nSPS) is 17.0. The first-order chi connectivity index (χ1) is 12.0. The molecule has 25 heavy (non-hydrogen) atoms. The Morgan fingerprint density at radius 1 is 1.28 bits per heavy atom. The molecule has 0 amide bonds. The summed E-state index contributed by atoms with van der Waals surface area (Å²) in [6, 6.07) is 10.6. The molecule has 1 aliphatic rings. The minimum atomic E-state index is -0.530. The lowest BCUT2D eigenvalue weighted by molar-refractivity contribution is -0.136. The number of esters is 1. The van der Waals surface area contributed by atoms with Crippen LogP contribution in [0.2, 0.25) is 5.02 Å². The number of hydrogen-bond donors (Lipinski definition) is 1. The third-order valence-corrected chi connectivity index (χ3v) is 4.86. The molecular formula is C18H15BrClN3O2. The third kappa shape index (κ3) is 3.45. The number of nitrogens with one attached hydrogen (secondary N) is 1. The van der Waals surface area contributed by atoms with Crippen LogP contribution < -0.4 is 5.32 Å². The molecule has 1 N–H and O–H groups in total. The van der Waals surface area contributed by atoms with Gasteiger partial charge in [-0.15, -0.1) is 0 Å². The predicted octanol–water partition coefficient (Wildman–Crippen LogP) is 4.04. The van der Waals surface area contributed by atoms with Gasteiger partial charge < -0.3 is 10.1 Å². The second-order valence-corrected chi connectivity index (χ2v) is 6.65. The second-order valence-electron chi connectivity index (χ2n) is 5.39. The van der Waals surface area contributed by atoms with Crippen molar-refractivity contribution in [2.45, 2.75) is 13.0 Å². The number of halogens is 2. The molecule has 128 valence electrons. The summed E-state index contributed by atoms with van der Waals surface area (Å²) in [5.74, 6) is 0.0807. The number of nitrogens with zero attached hydrogens (tertiary/aromatic N) is 2. The number of carbonyl (C=O) groups excluding carboxylic acids is 1. The number of rotatable bonds is 3. The van der Waals surface area contributed by atoms with Crippen molar-refractivity contribution >= 4 is 39.3 Å². The van der Waals surface area contributed by atoms with E-state index in [1.165, 1.54) is 7.11 Å². The van der Waals surface area contributed by atoms with Crippen molar-refractivity contribution in [3.63, 3.8) is 0 Å². The van der Waals surface area contributed by atoms with Crippen LogP contribution in [0.4, 0.5) is 0 Å². The first-order valence-electron chi connectivity index (χ1n) is 7.52. The van der Waals surface area contributed by atoms with E-state index in [0.29, 0.717) is 27.8 Å². The maximum absolute atomic E-state index is 12.3. The fourth-order valence-corrected chi connectivity index (χ4v) is 3.37. The van der Waals surface area contributed by atoms with Gasteiger partial charge in [0.05, 0.1) is 17.7 Å². The number of carbonyl (C=O) groups is 1. The quantitative estimate of drug-likeness (QED) is 0.761. The number of pyridine rings is 1. The summed E-state index contributed by atoms with van der Waals surface area (Å²) in [6.45, 7) is 1.81. The van der Waals surface area contributed by atoms with Gasteiger partial charge in [-0.05, 0) is 30.7 Å². The highest BCUT2D eigenvalue weighted by Gasteiger charge is 2.32. The van der Waals surface area contributed by atoms with E-state index >= 15 is 0 Å².